The van der Waals surface area contributed by atoms with Crippen molar-refractivity contribution < 1.29 is 19.7 Å². The van der Waals surface area contributed by atoms with Crippen LogP contribution in [0.15, 0.2) is 17.5 Å². The third-order valence-electron chi connectivity index (χ3n) is 1.58. The summed E-state index contributed by atoms with van der Waals surface area (Å²) in [5.74, 6) is -0.832. The highest BCUT2D eigenvalue weighted by molar-refractivity contribution is 7.10. The lowest BCUT2D eigenvalue weighted by Crippen LogP contribution is -2.28. The van der Waals surface area contributed by atoms with Gasteiger partial charge in [-0.1, -0.05) is 6.07 Å². The number of esters is 1. The van der Waals surface area contributed by atoms with Gasteiger partial charge >= 0.3 is 5.97 Å². The molecule has 1 aromatic heterocycles. The van der Waals surface area contributed by atoms with Gasteiger partial charge in [-0.3, -0.25) is 0 Å². The predicted molar refractivity (Wildman–Crippen MR) is 47.3 cm³/mol. The van der Waals surface area contributed by atoms with Gasteiger partial charge in [-0.25, -0.2) is 4.79 Å². The lowest BCUT2D eigenvalue weighted by Gasteiger charge is -2.13. The topological polar surface area (TPSA) is 66.8 Å². The Balaban J connectivity index is 2.68. The summed E-state index contributed by atoms with van der Waals surface area (Å²) >= 11 is 1.27. The maximum atomic E-state index is 10.8. The van der Waals surface area contributed by atoms with E-state index in [9.17, 15) is 15.0 Å². The highest BCUT2D eigenvalue weighted by Crippen LogP contribution is 2.22. The molecule has 2 N–H and O–H groups in total. The second-order valence-electron chi connectivity index (χ2n) is 2.43. The van der Waals surface area contributed by atoms with E-state index in [0.29, 0.717) is 4.88 Å². The Bertz CT molecular complexity index is 270. The van der Waals surface area contributed by atoms with Crippen LogP contribution in [0.25, 0.3) is 0 Å². The van der Waals surface area contributed by atoms with E-state index in [1.807, 2.05) is 0 Å². The number of carbonyl (C=O) groups excluding carboxylic acids is 1. The van der Waals surface area contributed by atoms with Crippen LogP contribution in [0, 0.1) is 0 Å². The number of aliphatic hydroxyl groups is 2. The molecule has 13 heavy (non-hydrogen) atoms. The zero-order chi connectivity index (χ0) is 9.84. The highest BCUT2D eigenvalue weighted by Gasteiger charge is 2.26. The minimum Gasteiger partial charge on any atom is -0.467 e. The average Bonchev–Trinajstić information content (AvgIpc) is 2.67. The third-order valence-corrected chi connectivity index (χ3v) is 2.52. The molecule has 0 aliphatic heterocycles. The van der Waals surface area contributed by atoms with E-state index in [2.05, 4.69) is 4.74 Å². The lowest BCUT2D eigenvalue weighted by molar-refractivity contribution is -0.156. The first-order valence-electron chi connectivity index (χ1n) is 3.64. The quantitative estimate of drug-likeness (QED) is 0.692. The SMILES string of the molecule is COC(=O)C(O)C(O)c1cccs1. The minimum atomic E-state index is -1.51. The zero-order valence-electron chi connectivity index (χ0n) is 7.01. The molecule has 0 saturated carbocycles. The van der Waals surface area contributed by atoms with Gasteiger partial charge in [0.15, 0.2) is 6.10 Å². The van der Waals surface area contributed by atoms with Crippen LogP contribution in [-0.2, 0) is 9.53 Å². The van der Waals surface area contributed by atoms with Crippen molar-refractivity contribution in [2.24, 2.45) is 0 Å². The van der Waals surface area contributed by atoms with Gasteiger partial charge in [0.1, 0.15) is 6.10 Å². The van der Waals surface area contributed by atoms with Crippen LogP contribution in [0.4, 0.5) is 0 Å². The molecule has 0 bridgehead atoms. The Morgan fingerprint density at radius 1 is 1.62 bits per heavy atom. The molecule has 1 heterocycles. The number of ether oxygens (including phenoxy) is 1. The van der Waals surface area contributed by atoms with E-state index in [0.717, 1.165) is 7.11 Å². The lowest BCUT2D eigenvalue weighted by atomic mass is 10.2. The largest absolute Gasteiger partial charge is 0.467 e. The maximum Gasteiger partial charge on any atom is 0.337 e. The Kier molecular flexibility index (Phi) is 3.41. The van der Waals surface area contributed by atoms with Crippen molar-refractivity contribution >= 4 is 17.3 Å². The fraction of sp³-hybridized carbons (Fsp3) is 0.375. The summed E-state index contributed by atoms with van der Waals surface area (Å²) in [6.07, 6.45) is -2.71. The van der Waals surface area contributed by atoms with Gasteiger partial charge in [-0.2, -0.15) is 0 Å². The van der Waals surface area contributed by atoms with Crippen LogP contribution in [0.3, 0.4) is 0 Å². The van der Waals surface area contributed by atoms with Crippen LogP contribution >= 0.6 is 11.3 Å². The average molecular weight is 202 g/mol. The van der Waals surface area contributed by atoms with Gasteiger partial charge in [0.2, 0.25) is 0 Å². The first-order valence-corrected chi connectivity index (χ1v) is 4.52. The summed E-state index contributed by atoms with van der Waals surface area (Å²) < 4.78 is 4.29. The molecule has 72 valence electrons. The molecule has 0 saturated heterocycles. The second-order valence-corrected chi connectivity index (χ2v) is 3.41. The van der Waals surface area contributed by atoms with E-state index in [1.54, 1.807) is 17.5 Å². The molecular weight excluding hydrogens is 192 g/mol. The number of rotatable bonds is 3. The standard InChI is InChI=1S/C8H10O4S/c1-12-8(11)7(10)6(9)5-3-2-4-13-5/h2-4,6-7,9-10H,1H3. The van der Waals surface area contributed by atoms with E-state index in [-0.39, 0.29) is 0 Å². The van der Waals surface area contributed by atoms with E-state index >= 15 is 0 Å². The van der Waals surface area contributed by atoms with Crippen LogP contribution in [-0.4, -0.2) is 29.4 Å². The van der Waals surface area contributed by atoms with E-state index in [1.165, 1.54) is 11.3 Å². The summed E-state index contributed by atoms with van der Waals surface area (Å²) in [4.78, 5) is 11.4. The first kappa shape index (κ1) is 10.2. The van der Waals surface area contributed by atoms with Gasteiger partial charge < -0.3 is 14.9 Å². The molecule has 1 aromatic rings. The summed E-state index contributed by atoms with van der Waals surface area (Å²) in [5, 5.41) is 20.4. The Labute approximate surface area is 79.4 Å². The normalized spacial score (nSPS) is 15.0. The van der Waals surface area contributed by atoms with Gasteiger partial charge in [-0.05, 0) is 11.4 Å². The molecule has 0 spiro atoms. The minimum absolute atomic E-state index is 0.540. The van der Waals surface area contributed by atoms with Gasteiger partial charge in [0.05, 0.1) is 7.11 Å². The number of methoxy groups -OCH3 is 1. The molecule has 0 aromatic carbocycles. The van der Waals surface area contributed by atoms with Crippen LogP contribution in [0.5, 0.6) is 0 Å². The summed E-state index contributed by atoms with van der Waals surface area (Å²) in [7, 11) is 1.16. The molecule has 2 atom stereocenters. The number of thiophene rings is 1. The van der Waals surface area contributed by atoms with Gasteiger partial charge in [-0.15, -0.1) is 11.3 Å². The fourth-order valence-corrected chi connectivity index (χ4v) is 1.60. The number of carbonyl (C=O) groups is 1. The molecule has 0 fully saturated rings. The molecule has 0 amide bonds. The smallest absolute Gasteiger partial charge is 0.337 e. The van der Waals surface area contributed by atoms with Crippen molar-refractivity contribution in [2.75, 3.05) is 7.11 Å². The van der Waals surface area contributed by atoms with E-state index in [4.69, 9.17) is 0 Å². The van der Waals surface area contributed by atoms with Crippen molar-refractivity contribution in [1.82, 2.24) is 0 Å². The molecule has 0 radical (unpaired) electrons. The van der Waals surface area contributed by atoms with Gasteiger partial charge in [0, 0.05) is 4.88 Å². The molecule has 1 rings (SSSR count). The predicted octanol–water partition coefficient (Wildman–Crippen LogP) is 0.315. The molecule has 5 heteroatoms. The third kappa shape index (κ3) is 2.27. The first-order chi connectivity index (χ1) is 6.16. The number of aliphatic hydroxyl groups excluding tert-OH is 2. The number of hydrogen-bond donors (Lipinski definition) is 2. The van der Waals surface area contributed by atoms with E-state index < -0.39 is 18.2 Å². The Morgan fingerprint density at radius 2 is 2.31 bits per heavy atom. The maximum absolute atomic E-state index is 10.8. The van der Waals surface area contributed by atoms with Crippen molar-refractivity contribution in [3.05, 3.63) is 22.4 Å². The summed E-state index contributed by atoms with van der Waals surface area (Å²) in [6, 6.07) is 3.37. The van der Waals surface area contributed by atoms with Crippen molar-refractivity contribution in [3.8, 4) is 0 Å². The zero-order valence-corrected chi connectivity index (χ0v) is 7.82. The van der Waals surface area contributed by atoms with Crippen molar-refractivity contribution in [2.45, 2.75) is 12.2 Å². The Morgan fingerprint density at radius 3 is 2.77 bits per heavy atom. The van der Waals surface area contributed by atoms with Crippen LogP contribution in [0.2, 0.25) is 0 Å². The molecule has 2 unspecified atom stereocenters. The highest BCUT2D eigenvalue weighted by atomic mass is 32.1. The second kappa shape index (κ2) is 4.36. The molecule has 0 aliphatic rings. The number of hydrogen-bond acceptors (Lipinski definition) is 5. The van der Waals surface area contributed by atoms with Crippen molar-refractivity contribution in [1.29, 1.82) is 0 Å². The van der Waals surface area contributed by atoms with Crippen LogP contribution in [0.1, 0.15) is 11.0 Å². The monoisotopic (exact) mass is 202 g/mol. The van der Waals surface area contributed by atoms with Crippen LogP contribution < -0.4 is 0 Å². The van der Waals surface area contributed by atoms with Crippen molar-refractivity contribution in [3.63, 3.8) is 0 Å². The molecule has 0 aliphatic carbocycles. The fourth-order valence-electron chi connectivity index (χ4n) is 0.865. The summed E-state index contributed by atoms with van der Waals surface area (Å²) in [5.41, 5.74) is 0. The molecular formula is C8H10O4S. The van der Waals surface area contributed by atoms with Gasteiger partial charge in [0.25, 0.3) is 0 Å². The molecule has 4 nitrogen and oxygen atoms in total. The summed E-state index contributed by atoms with van der Waals surface area (Å²) in [6.45, 7) is 0. The Hall–Kier alpha value is -0.910.